The van der Waals surface area contributed by atoms with Crippen LogP contribution in [0.3, 0.4) is 0 Å². The number of rotatable bonds is 5. The number of ether oxygens (including phenoxy) is 2. The first-order valence-corrected chi connectivity index (χ1v) is 9.07. The quantitative estimate of drug-likeness (QED) is 0.752. The highest BCUT2D eigenvalue weighted by molar-refractivity contribution is 5.78. The van der Waals surface area contributed by atoms with Crippen LogP contribution in [0.15, 0.2) is 18.2 Å². The molecule has 1 fully saturated rings. The molecular formula is C20H30N2O4. The molecule has 1 aliphatic heterocycles. The van der Waals surface area contributed by atoms with Crippen LogP contribution in [0.4, 0.5) is 0 Å². The first-order valence-electron chi connectivity index (χ1n) is 9.07. The molecule has 0 bridgehead atoms. The minimum Gasteiger partial charge on any atom is -0.483 e. The lowest BCUT2D eigenvalue weighted by Crippen LogP contribution is -2.51. The minimum atomic E-state index is -0.472. The second-order valence-corrected chi connectivity index (χ2v) is 7.73. The summed E-state index contributed by atoms with van der Waals surface area (Å²) in [5, 5.41) is 0. The van der Waals surface area contributed by atoms with E-state index in [0.717, 1.165) is 16.9 Å². The topological polar surface area (TPSA) is 59.1 Å². The van der Waals surface area contributed by atoms with E-state index in [1.807, 2.05) is 57.7 Å². The number of aryl methyl sites for hydroxylation is 1. The predicted octanol–water partition coefficient (Wildman–Crippen LogP) is 2.17. The first kappa shape index (κ1) is 20.2. The summed E-state index contributed by atoms with van der Waals surface area (Å²) in [4.78, 5) is 28.1. The fourth-order valence-electron chi connectivity index (χ4n) is 2.82. The van der Waals surface area contributed by atoms with E-state index in [1.54, 1.807) is 4.90 Å². The number of hydrogen-bond acceptors (Lipinski definition) is 5. The SMILES string of the molecule is Cc1cccc(OCC(=O)N2CCN(CC(=O)OC(C)(C)C)CC2)c1C. The molecule has 1 aliphatic rings. The van der Waals surface area contributed by atoms with Gasteiger partial charge in [-0.3, -0.25) is 14.5 Å². The van der Waals surface area contributed by atoms with Gasteiger partial charge in [-0.15, -0.1) is 0 Å². The normalized spacial score (nSPS) is 15.7. The Balaban J connectivity index is 1.76. The average molecular weight is 362 g/mol. The second-order valence-electron chi connectivity index (χ2n) is 7.73. The molecule has 0 saturated carbocycles. The molecule has 0 N–H and O–H groups in total. The summed E-state index contributed by atoms with van der Waals surface area (Å²) in [5.41, 5.74) is 1.73. The molecule has 1 amide bonds. The molecule has 0 aromatic heterocycles. The highest BCUT2D eigenvalue weighted by Crippen LogP contribution is 2.20. The minimum absolute atomic E-state index is 0.0252. The van der Waals surface area contributed by atoms with Crippen molar-refractivity contribution in [3.05, 3.63) is 29.3 Å². The van der Waals surface area contributed by atoms with Crippen molar-refractivity contribution < 1.29 is 19.1 Å². The van der Waals surface area contributed by atoms with Crippen LogP contribution >= 0.6 is 0 Å². The number of benzene rings is 1. The van der Waals surface area contributed by atoms with Crippen LogP contribution in [0.5, 0.6) is 5.75 Å². The van der Waals surface area contributed by atoms with Gasteiger partial charge in [0.1, 0.15) is 11.4 Å². The fourth-order valence-corrected chi connectivity index (χ4v) is 2.82. The van der Waals surface area contributed by atoms with Crippen molar-refractivity contribution in [1.82, 2.24) is 9.80 Å². The maximum Gasteiger partial charge on any atom is 0.320 e. The molecule has 6 nitrogen and oxygen atoms in total. The van der Waals surface area contributed by atoms with E-state index in [9.17, 15) is 9.59 Å². The third-order valence-electron chi connectivity index (χ3n) is 4.40. The Labute approximate surface area is 156 Å². The summed E-state index contributed by atoms with van der Waals surface area (Å²) >= 11 is 0. The van der Waals surface area contributed by atoms with E-state index < -0.39 is 5.60 Å². The molecule has 1 heterocycles. The number of hydrogen-bond donors (Lipinski definition) is 0. The van der Waals surface area contributed by atoms with Crippen molar-refractivity contribution in [2.75, 3.05) is 39.3 Å². The van der Waals surface area contributed by atoms with Gasteiger partial charge in [0.15, 0.2) is 6.61 Å². The third kappa shape index (κ3) is 6.02. The standard InChI is InChI=1S/C20H30N2O4/c1-15-7-6-8-17(16(15)2)25-14-18(23)22-11-9-21(10-12-22)13-19(24)26-20(3,4)5/h6-8H,9-14H2,1-5H3. The molecule has 1 aromatic rings. The molecule has 2 rings (SSSR count). The van der Waals surface area contributed by atoms with Crippen LogP contribution in [-0.2, 0) is 14.3 Å². The number of carbonyl (C=O) groups excluding carboxylic acids is 2. The van der Waals surface area contributed by atoms with E-state index in [1.165, 1.54) is 0 Å². The zero-order valence-corrected chi connectivity index (χ0v) is 16.5. The van der Waals surface area contributed by atoms with E-state index in [0.29, 0.717) is 26.2 Å². The first-order chi connectivity index (χ1) is 12.2. The van der Waals surface area contributed by atoms with E-state index in [2.05, 4.69) is 0 Å². The largest absolute Gasteiger partial charge is 0.483 e. The van der Waals surface area contributed by atoms with Gasteiger partial charge in [0.05, 0.1) is 6.54 Å². The molecule has 6 heteroatoms. The number of amides is 1. The van der Waals surface area contributed by atoms with Crippen molar-refractivity contribution in [2.45, 2.75) is 40.2 Å². The van der Waals surface area contributed by atoms with Gasteiger partial charge in [0, 0.05) is 26.2 Å². The van der Waals surface area contributed by atoms with E-state index in [4.69, 9.17) is 9.47 Å². The number of carbonyl (C=O) groups is 2. The van der Waals surface area contributed by atoms with Gasteiger partial charge in [-0.05, 0) is 51.8 Å². The number of esters is 1. The molecule has 144 valence electrons. The van der Waals surface area contributed by atoms with Crippen LogP contribution in [0.1, 0.15) is 31.9 Å². The maximum atomic E-state index is 12.4. The summed E-state index contributed by atoms with van der Waals surface area (Å²) in [7, 11) is 0. The second kappa shape index (κ2) is 8.54. The number of nitrogens with zero attached hydrogens (tertiary/aromatic N) is 2. The highest BCUT2D eigenvalue weighted by Gasteiger charge is 2.24. The van der Waals surface area contributed by atoms with Crippen LogP contribution in [0, 0.1) is 13.8 Å². The Morgan fingerprint density at radius 2 is 1.73 bits per heavy atom. The lowest BCUT2D eigenvalue weighted by Gasteiger charge is -2.34. The zero-order valence-electron chi connectivity index (χ0n) is 16.5. The monoisotopic (exact) mass is 362 g/mol. The molecule has 0 radical (unpaired) electrons. The number of piperazine rings is 1. The van der Waals surface area contributed by atoms with Crippen LogP contribution in [0.2, 0.25) is 0 Å². The van der Waals surface area contributed by atoms with Gasteiger partial charge in [0.2, 0.25) is 0 Å². The van der Waals surface area contributed by atoms with Crippen LogP contribution in [0.25, 0.3) is 0 Å². The summed E-state index contributed by atoms with van der Waals surface area (Å²) in [6.07, 6.45) is 0. The average Bonchev–Trinajstić information content (AvgIpc) is 2.55. The predicted molar refractivity (Wildman–Crippen MR) is 100 cm³/mol. The third-order valence-corrected chi connectivity index (χ3v) is 4.40. The van der Waals surface area contributed by atoms with E-state index >= 15 is 0 Å². The molecule has 1 saturated heterocycles. The summed E-state index contributed by atoms with van der Waals surface area (Å²) in [6, 6.07) is 5.83. The van der Waals surface area contributed by atoms with Gasteiger partial charge in [0.25, 0.3) is 5.91 Å². The van der Waals surface area contributed by atoms with Gasteiger partial charge in [-0.1, -0.05) is 12.1 Å². The van der Waals surface area contributed by atoms with Crippen molar-refractivity contribution in [3.63, 3.8) is 0 Å². The smallest absolute Gasteiger partial charge is 0.320 e. The van der Waals surface area contributed by atoms with Crippen LogP contribution < -0.4 is 4.74 Å². The van der Waals surface area contributed by atoms with Crippen LogP contribution in [-0.4, -0.2) is 66.6 Å². The van der Waals surface area contributed by atoms with Crippen molar-refractivity contribution in [2.24, 2.45) is 0 Å². The molecule has 1 aromatic carbocycles. The van der Waals surface area contributed by atoms with E-state index in [-0.39, 0.29) is 25.0 Å². The molecule has 0 atom stereocenters. The Kier molecular flexibility index (Phi) is 6.64. The lowest BCUT2D eigenvalue weighted by atomic mass is 10.1. The van der Waals surface area contributed by atoms with Gasteiger partial charge < -0.3 is 14.4 Å². The van der Waals surface area contributed by atoms with Gasteiger partial charge in [-0.25, -0.2) is 0 Å². The summed E-state index contributed by atoms with van der Waals surface area (Å²) in [5.74, 6) is 0.500. The molecule has 26 heavy (non-hydrogen) atoms. The summed E-state index contributed by atoms with van der Waals surface area (Å²) in [6.45, 7) is 12.4. The molecule has 0 unspecified atom stereocenters. The zero-order chi connectivity index (χ0) is 19.3. The lowest BCUT2D eigenvalue weighted by molar-refractivity contribution is -0.156. The van der Waals surface area contributed by atoms with Gasteiger partial charge >= 0.3 is 5.97 Å². The molecule has 0 aliphatic carbocycles. The summed E-state index contributed by atoms with van der Waals surface area (Å²) < 4.78 is 11.0. The molecule has 0 spiro atoms. The van der Waals surface area contributed by atoms with Crippen molar-refractivity contribution in [3.8, 4) is 5.75 Å². The van der Waals surface area contributed by atoms with Gasteiger partial charge in [-0.2, -0.15) is 0 Å². The van der Waals surface area contributed by atoms with Crippen molar-refractivity contribution >= 4 is 11.9 Å². The molecular weight excluding hydrogens is 332 g/mol. The Hall–Kier alpha value is -2.08. The fraction of sp³-hybridized carbons (Fsp3) is 0.600. The Bertz CT molecular complexity index is 644. The maximum absolute atomic E-state index is 12.4. The highest BCUT2D eigenvalue weighted by atomic mass is 16.6. The van der Waals surface area contributed by atoms with Crippen molar-refractivity contribution in [1.29, 1.82) is 0 Å². The Morgan fingerprint density at radius 1 is 1.08 bits per heavy atom. The Morgan fingerprint density at radius 3 is 2.35 bits per heavy atom.